The second kappa shape index (κ2) is 4.40. The van der Waals surface area contributed by atoms with Crippen molar-refractivity contribution >= 4 is 18.6 Å². The van der Waals surface area contributed by atoms with Gasteiger partial charge >= 0.3 is 0 Å². The Bertz CT molecular complexity index is 361. The summed E-state index contributed by atoms with van der Waals surface area (Å²) < 4.78 is 0. The van der Waals surface area contributed by atoms with E-state index in [-0.39, 0.29) is 0 Å². The minimum atomic E-state index is 0.544. The first-order chi connectivity index (χ1) is 7.36. The number of H-pyrrole nitrogens is 1. The number of aliphatic imine (C=N–C) groups is 1. The lowest BCUT2D eigenvalue weighted by Gasteiger charge is -2.21. The van der Waals surface area contributed by atoms with Crippen molar-refractivity contribution in [2.24, 2.45) is 4.99 Å². The van der Waals surface area contributed by atoms with Gasteiger partial charge < -0.3 is 5.32 Å². The number of piperidine rings is 1. The SMILES string of the molecule is C=Cc1c(N=C)n[nH]c1C1CCNCC1. The molecule has 0 saturated carbocycles. The molecule has 0 radical (unpaired) electrons. The maximum atomic E-state index is 4.13. The molecule has 0 amide bonds. The number of hydrogen-bond donors (Lipinski definition) is 2. The molecule has 15 heavy (non-hydrogen) atoms. The minimum Gasteiger partial charge on any atom is -0.317 e. The maximum absolute atomic E-state index is 4.13. The number of hydrogen-bond acceptors (Lipinski definition) is 3. The first kappa shape index (κ1) is 10.1. The Morgan fingerprint density at radius 2 is 2.13 bits per heavy atom. The summed E-state index contributed by atoms with van der Waals surface area (Å²) in [5.41, 5.74) is 2.17. The fraction of sp³-hybridized carbons (Fsp3) is 0.455. The molecular weight excluding hydrogens is 188 g/mol. The van der Waals surface area contributed by atoms with Gasteiger partial charge in [0, 0.05) is 17.2 Å². The van der Waals surface area contributed by atoms with Crippen molar-refractivity contribution in [1.82, 2.24) is 15.5 Å². The highest BCUT2D eigenvalue weighted by Crippen LogP contribution is 2.31. The molecule has 0 bridgehead atoms. The van der Waals surface area contributed by atoms with Crippen LogP contribution < -0.4 is 5.32 Å². The van der Waals surface area contributed by atoms with Crippen molar-refractivity contribution in [3.8, 4) is 0 Å². The van der Waals surface area contributed by atoms with Crippen LogP contribution in [0.25, 0.3) is 6.08 Å². The van der Waals surface area contributed by atoms with E-state index in [0.29, 0.717) is 11.7 Å². The quantitative estimate of drug-likeness (QED) is 0.738. The lowest BCUT2D eigenvalue weighted by Crippen LogP contribution is -2.27. The number of aromatic nitrogens is 2. The van der Waals surface area contributed by atoms with Gasteiger partial charge in [0.1, 0.15) is 0 Å². The molecule has 4 nitrogen and oxygen atoms in total. The Hall–Kier alpha value is -1.42. The van der Waals surface area contributed by atoms with Crippen molar-refractivity contribution in [3.63, 3.8) is 0 Å². The summed E-state index contributed by atoms with van der Waals surface area (Å²) >= 11 is 0. The largest absolute Gasteiger partial charge is 0.317 e. The van der Waals surface area contributed by atoms with Gasteiger partial charge in [-0.25, -0.2) is 4.99 Å². The van der Waals surface area contributed by atoms with E-state index in [9.17, 15) is 0 Å². The summed E-state index contributed by atoms with van der Waals surface area (Å²) in [5, 5.41) is 10.5. The van der Waals surface area contributed by atoms with E-state index in [1.165, 1.54) is 0 Å². The normalized spacial score (nSPS) is 17.6. The van der Waals surface area contributed by atoms with Crippen LogP contribution in [0.15, 0.2) is 11.6 Å². The fourth-order valence-electron chi connectivity index (χ4n) is 2.10. The minimum absolute atomic E-state index is 0.544. The van der Waals surface area contributed by atoms with Gasteiger partial charge in [-0.2, -0.15) is 5.10 Å². The average molecular weight is 204 g/mol. The van der Waals surface area contributed by atoms with E-state index < -0.39 is 0 Å². The van der Waals surface area contributed by atoms with Gasteiger partial charge in [0.05, 0.1) is 0 Å². The predicted molar refractivity (Wildman–Crippen MR) is 62.7 cm³/mol. The average Bonchev–Trinajstić information content (AvgIpc) is 2.72. The van der Waals surface area contributed by atoms with Crippen LogP contribution in [0.2, 0.25) is 0 Å². The van der Waals surface area contributed by atoms with Crippen LogP contribution in [0.4, 0.5) is 5.82 Å². The number of nitrogens with one attached hydrogen (secondary N) is 2. The Labute approximate surface area is 89.5 Å². The van der Waals surface area contributed by atoms with Gasteiger partial charge in [0.2, 0.25) is 0 Å². The van der Waals surface area contributed by atoms with Crippen LogP contribution in [-0.4, -0.2) is 30.0 Å². The molecule has 1 aliphatic heterocycles. The smallest absolute Gasteiger partial charge is 0.180 e. The molecule has 0 unspecified atom stereocenters. The molecule has 80 valence electrons. The van der Waals surface area contributed by atoms with Gasteiger partial charge in [-0.3, -0.25) is 5.10 Å². The third-order valence-corrected chi connectivity index (χ3v) is 2.91. The monoisotopic (exact) mass is 204 g/mol. The van der Waals surface area contributed by atoms with Gasteiger partial charge in [-0.05, 0) is 32.6 Å². The van der Waals surface area contributed by atoms with Crippen LogP contribution in [0.3, 0.4) is 0 Å². The van der Waals surface area contributed by atoms with E-state index in [1.54, 1.807) is 0 Å². The highest BCUT2D eigenvalue weighted by molar-refractivity contribution is 5.64. The standard InChI is InChI=1S/C11H16N4/c1-3-9-10(14-15-11(9)12-2)8-4-6-13-7-5-8/h3,8,13H,1-2,4-7H2,(H,14,15). The molecule has 1 aliphatic rings. The molecule has 0 atom stereocenters. The summed E-state index contributed by atoms with van der Waals surface area (Å²) in [6.45, 7) is 9.44. The Morgan fingerprint density at radius 1 is 1.40 bits per heavy atom. The first-order valence-electron chi connectivity index (χ1n) is 5.25. The zero-order valence-corrected chi connectivity index (χ0v) is 8.79. The molecule has 1 saturated heterocycles. The van der Waals surface area contributed by atoms with Gasteiger partial charge in [-0.1, -0.05) is 12.7 Å². The van der Waals surface area contributed by atoms with Crippen molar-refractivity contribution in [1.29, 1.82) is 0 Å². The molecule has 1 aromatic rings. The molecule has 1 aromatic heterocycles. The second-order valence-electron chi connectivity index (χ2n) is 3.76. The van der Waals surface area contributed by atoms with Gasteiger partial charge in [0.15, 0.2) is 5.82 Å². The lowest BCUT2D eigenvalue weighted by atomic mass is 9.92. The molecular formula is C11H16N4. The Morgan fingerprint density at radius 3 is 2.73 bits per heavy atom. The summed E-state index contributed by atoms with van der Waals surface area (Å²) in [4.78, 5) is 3.88. The van der Waals surface area contributed by atoms with Crippen LogP contribution >= 0.6 is 0 Å². The molecule has 0 spiro atoms. The molecule has 2 heterocycles. The number of nitrogens with zero attached hydrogens (tertiary/aromatic N) is 2. The van der Waals surface area contributed by atoms with E-state index in [2.05, 4.69) is 33.8 Å². The Kier molecular flexibility index (Phi) is 2.97. The molecule has 2 rings (SSSR count). The Balaban J connectivity index is 2.29. The topological polar surface area (TPSA) is 53.1 Å². The first-order valence-corrected chi connectivity index (χ1v) is 5.25. The van der Waals surface area contributed by atoms with Crippen molar-refractivity contribution in [2.45, 2.75) is 18.8 Å². The number of aromatic amines is 1. The fourth-order valence-corrected chi connectivity index (χ4v) is 2.10. The van der Waals surface area contributed by atoms with E-state index in [4.69, 9.17) is 0 Å². The van der Waals surface area contributed by atoms with E-state index in [0.717, 1.165) is 37.2 Å². The molecule has 4 heteroatoms. The molecule has 0 aromatic carbocycles. The molecule has 2 N–H and O–H groups in total. The zero-order valence-electron chi connectivity index (χ0n) is 8.79. The third kappa shape index (κ3) is 1.85. The second-order valence-corrected chi connectivity index (χ2v) is 3.76. The molecule has 0 aliphatic carbocycles. The molecule has 1 fully saturated rings. The van der Waals surface area contributed by atoms with Crippen LogP contribution in [-0.2, 0) is 0 Å². The zero-order chi connectivity index (χ0) is 10.7. The summed E-state index contributed by atoms with van der Waals surface area (Å²) in [5.74, 6) is 1.21. The van der Waals surface area contributed by atoms with Crippen molar-refractivity contribution < 1.29 is 0 Å². The van der Waals surface area contributed by atoms with Crippen LogP contribution in [0.5, 0.6) is 0 Å². The van der Waals surface area contributed by atoms with Gasteiger partial charge in [0.25, 0.3) is 0 Å². The highest BCUT2D eigenvalue weighted by atomic mass is 15.2. The maximum Gasteiger partial charge on any atom is 0.180 e. The van der Waals surface area contributed by atoms with Gasteiger partial charge in [-0.15, -0.1) is 0 Å². The lowest BCUT2D eigenvalue weighted by molar-refractivity contribution is 0.452. The van der Waals surface area contributed by atoms with Crippen molar-refractivity contribution in [3.05, 3.63) is 17.8 Å². The van der Waals surface area contributed by atoms with Crippen LogP contribution in [0.1, 0.15) is 30.0 Å². The third-order valence-electron chi connectivity index (χ3n) is 2.91. The summed E-state index contributed by atoms with van der Waals surface area (Å²) in [6.07, 6.45) is 4.09. The van der Waals surface area contributed by atoms with E-state index >= 15 is 0 Å². The summed E-state index contributed by atoms with van der Waals surface area (Å²) in [6, 6.07) is 0. The number of rotatable bonds is 3. The van der Waals surface area contributed by atoms with Crippen LogP contribution in [0, 0.1) is 0 Å². The summed E-state index contributed by atoms with van der Waals surface area (Å²) in [7, 11) is 0. The highest BCUT2D eigenvalue weighted by Gasteiger charge is 2.21. The van der Waals surface area contributed by atoms with E-state index in [1.807, 2.05) is 6.08 Å². The van der Waals surface area contributed by atoms with Crippen molar-refractivity contribution in [2.75, 3.05) is 13.1 Å². The predicted octanol–water partition coefficient (Wildman–Crippen LogP) is 1.85.